The Kier molecular flexibility index (Phi) is 6.23. The summed E-state index contributed by atoms with van der Waals surface area (Å²) in [6.07, 6.45) is 2.03. The van der Waals surface area contributed by atoms with Crippen molar-refractivity contribution in [3.8, 4) is 5.75 Å². The SMILES string of the molecule is CCCC(=O)N1CCN(S(=O)(=O)c2ccc(OC)c(CC)c2)CC1. The average molecular weight is 354 g/mol. The van der Waals surface area contributed by atoms with Crippen molar-refractivity contribution in [3.63, 3.8) is 0 Å². The average Bonchev–Trinajstić information content (AvgIpc) is 2.61. The fourth-order valence-electron chi connectivity index (χ4n) is 2.89. The first-order valence-corrected chi connectivity index (χ1v) is 9.82. The number of aryl methyl sites for hydroxylation is 1. The molecule has 1 aromatic carbocycles. The van der Waals surface area contributed by atoms with E-state index in [4.69, 9.17) is 4.74 Å². The molecule has 0 bridgehead atoms. The standard InChI is InChI=1S/C17H26N2O4S/c1-4-6-17(20)18-9-11-19(12-10-18)24(21,22)15-7-8-16(23-3)14(5-2)13-15/h7-8,13H,4-6,9-12H2,1-3H3. The van der Waals surface area contributed by atoms with Gasteiger partial charge in [-0.2, -0.15) is 4.31 Å². The zero-order valence-electron chi connectivity index (χ0n) is 14.6. The van der Waals surface area contributed by atoms with E-state index in [0.29, 0.717) is 44.8 Å². The minimum atomic E-state index is -3.54. The van der Waals surface area contributed by atoms with E-state index in [1.807, 2.05) is 13.8 Å². The number of ether oxygens (including phenoxy) is 1. The number of carbonyl (C=O) groups excluding carboxylic acids is 1. The molecule has 24 heavy (non-hydrogen) atoms. The van der Waals surface area contributed by atoms with Crippen LogP contribution >= 0.6 is 0 Å². The van der Waals surface area contributed by atoms with Gasteiger partial charge >= 0.3 is 0 Å². The van der Waals surface area contributed by atoms with E-state index < -0.39 is 10.0 Å². The highest BCUT2D eigenvalue weighted by Gasteiger charge is 2.30. The van der Waals surface area contributed by atoms with Crippen molar-refractivity contribution >= 4 is 15.9 Å². The molecule has 1 amide bonds. The summed E-state index contributed by atoms with van der Waals surface area (Å²) in [5.41, 5.74) is 0.871. The van der Waals surface area contributed by atoms with E-state index >= 15 is 0 Å². The Bertz CT molecular complexity index is 680. The van der Waals surface area contributed by atoms with Crippen LogP contribution in [0, 0.1) is 0 Å². The molecule has 1 heterocycles. The first kappa shape index (κ1) is 18.7. The summed E-state index contributed by atoms with van der Waals surface area (Å²) < 4.78 is 32.4. The zero-order chi connectivity index (χ0) is 17.7. The maximum Gasteiger partial charge on any atom is 0.243 e. The van der Waals surface area contributed by atoms with Crippen molar-refractivity contribution in [2.24, 2.45) is 0 Å². The Balaban J connectivity index is 2.13. The molecule has 0 spiro atoms. The van der Waals surface area contributed by atoms with Crippen molar-refractivity contribution in [2.45, 2.75) is 38.0 Å². The molecular formula is C17H26N2O4S. The number of benzene rings is 1. The topological polar surface area (TPSA) is 66.9 Å². The summed E-state index contributed by atoms with van der Waals surface area (Å²) in [6, 6.07) is 4.97. The maximum atomic E-state index is 12.8. The number of sulfonamides is 1. The molecule has 1 saturated heterocycles. The summed E-state index contributed by atoms with van der Waals surface area (Å²) in [5, 5.41) is 0. The third-order valence-electron chi connectivity index (χ3n) is 4.33. The normalized spacial score (nSPS) is 16.2. The van der Waals surface area contributed by atoms with Crippen LogP contribution in [0.15, 0.2) is 23.1 Å². The highest BCUT2D eigenvalue weighted by Crippen LogP contribution is 2.25. The van der Waals surface area contributed by atoms with Crippen LogP contribution in [0.3, 0.4) is 0 Å². The third-order valence-corrected chi connectivity index (χ3v) is 6.22. The minimum absolute atomic E-state index is 0.104. The molecule has 0 aromatic heterocycles. The van der Waals surface area contributed by atoms with Crippen molar-refractivity contribution in [1.82, 2.24) is 9.21 Å². The summed E-state index contributed by atoms with van der Waals surface area (Å²) in [5.74, 6) is 0.804. The van der Waals surface area contributed by atoms with Crippen LogP contribution in [0.4, 0.5) is 0 Å². The maximum absolute atomic E-state index is 12.8. The first-order valence-electron chi connectivity index (χ1n) is 8.38. The number of rotatable bonds is 6. The summed E-state index contributed by atoms with van der Waals surface area (Å²) in [6.45, 7) is 5.51. The van der Waals surface area contributed by atoms with Crippen molar-refractivity contribution in [1.29, 1.82) is 0 Å². The molecule has 0 radical (unpaired) electrons. The first-order chi connectivity index (χ1) is 11.4. The van der Waals surface area contributed by atoms with Gasteiger partial charge in [-0.05, 0) is 36.6 Å². The van der Waals surface area contributed by atoms with E-state index in [9.17, 15) is 13.2 Å². The van der Waals surface area contributed by atoms with Gasteiger partial charge in [0.15, 0.2) is 0 Å². The molecule has 6 nitrogen and oxygen atoms in total. The molecule has 134 valence electrons. The number of nitrogens with zero attached hydrogens (tertiary/aromatic N) is 2. The zero-order valence-corrected chi connectivity index (χ0v) is 15.4. The Morgan fingerprint density at radius 1 is 1.17 bits per heavy atom. The second-order valence-electron chi connectivity index (χ2n) is 5.86. The van der Waals surface area contributed by atoms with Gasteiger partial charge in [0.1, 0.15) is 5.75 Å². The van der Waals surface area contributed by atoms with Crippen molar-refractivity contribution in [2.75, 3.05) is 33.3 Å². The molecule has 0 aliphatic carbocycles. The Morgan fingerprint density at radius 3 is 2.38 bits per heavy atom. The van der Waals surface area contributed by atoms with Gasteiger partial charge < -0.3 is 9.64 Å². The summed E-state index contributed by atoms with van der Waals surface area (Å²) in [4.78, 5) is 14.0. The largest absolute Gasteiger partial charge is 0.496 e. The molecule has 7 heteroatoms. The summed E-state index contributed by atoms with van der Waals surface area (Å²) in [7, 11) is -1.96. The predicted octanol–water partition coefficient (Wildman–Crippen LogP) is 1.89. The molecule has 1 aliphatic rings. The minimum Gasteiger partial charge on any atom is -0.496 e. The van der Waals surface area contributed by atoms with E-state index in [0.717, 1.165) is 12.0 Å². The van der Waals surface area contributed by atoms with Gasteiger partial charge in [-0.15, -0.1) is 0 Å². The number of hydrogen-bond acceptors (Lipinski definition) is 4. The fourth-order valence-corrected chi connectivity index (χ4v) is 4.36. The molecular weight excluding hydrogens is 328 g/mol. The van der Waals surface area contributed by atoms with E-state index in [1.165, 1.54) is 4.31 Å². The number of amides is 1. The van der Waals surface area contributed by atoms with Crippen LogP contribution in [0.1, 0.15) is 32.3 Å². The van der Waals surface area contributed by atoms with E-state index in [2.05, 4.69) is 0 Å². The van der Waals surface area contributed by atoms with Gasteiger partial charge in [0.25, 0.3) is 0 Å². The quantitative estimate of drug-likeness (QED) is 0.782. The van der Waals surface area contributed by atoms with Crippen LogP contribution in [0.2, 0.25) is 0 Å². The lowest BCUT2D eigenvalue weighted by Gasteiger charge is -2.34. The summed E-state index contributed by atoms with van der Waals surface area (Å²) >= 11 is 0. The lowest BCUT2D eigenvalue weighted by Crippen LogP contribution is -2.50. The third kappa shape index (κ3) is 3.89. The number of hydrogen-bond donors (Lipinski definition) is 0. The molecule has 0 atom stereocenters. The number of methoxy groups -OCH3 is 1. The highest BCUT2D eigenvalue weighted by atomic mass is 32.2. The Hall–Kier alpha value is -1.60. The Labute approximate surface area is 144 Å². The number of piperazine rings is 1. The molecule has 1 fully saturated rings. The van der Waals surface area contributed by atoms with Gasteiger partial charge in [0.05, 0.1) is 12.0 Å². The number of carbonyl (C=O) groups is 1. The molecule has 0 unspecified atom stereocenters. The monoisotopic (exact) mass is 354 g/mol. The van der Waals surface area contributed by atoms with Gasteiger partial charge in [0, 0.05) is 32.6 Å². The molecule has 2 rings (SSSR count). The van der Waals surface area contributed by atoms with E-state index in [-0.39, 0.29) is 10.8 Å². The van der Waals surface area contributed by atoms with Gasteiger partial charge in [-0.1, -0.05) is 13.8 Å². The highest BCUT2D eigenvalue weighted by molar-refractivity contribution is 7.89. The van der Waals surface area contributed by atoms with Gasteiger partial charge in [0.2, 0.25) is 15.9 Å². The molecule has 0 N–H and O–H groups in total. The van der Waals surface area contributed by atoms with Gasteiger partial charge in [-0.3, -0.25) is 4.79 Å². The van der Waals surface area contributed by atoms with Crippen molar-refractivity contribution in [3.05, 3.63) is 23.8 Å². The molecule has 0 saturated carbocycles. The smallest absolute Gasteiger partial charge is 0.243 e. The second-order valence-corrected chi connectivity index (χ2v) is 7.80. The van der Waals surface area contributed by atoms with Crippen LogP contribution in [-0.4, -0.2) is 56.8 Å². The van der Waals surface area contributed by atoms with Crippen LogP contribution in [-0.2, 0) is 21.2 Å². The van der Waals surface area contributed by atoms with Crippen LogP contribution < -0.4 is 4.74 Å². The second kappa shape index (κ2) is 7.98. The molecule has 1 aromatic rings. The van der Waals surface area contributed by atoms with Crippen LogP contribution in [0.25, 0.3) is 0 Å². The Morgan fingerprint density at radius 2 is 1.83 bits per heavy atom. The molecule has 1 aliphatic heterocycles. The van der Waals surface area contributed by atoms with E-state index in [1.54, 1.807) is 30.2 Å². The predicted molar refractivity (Wildman–Crippen MR) is 92.6 cm³/mol. The van der Waals surface area contributed by atoms with Crippen molar-refractivity contribution < 1.29 is 17.9 Å². The van der Waals surface area contributed by atoms with Crippen LogP contribution in [0.5, 0.6) is 5.75 Å². The fraction of sp³-hybridized carbons (Fsp3) is 0.588. The lowest BCUT2D eigenvalue weighted by molar-refractivity contribution is -0.132. The lowest BCUT2D eigenvalue weighted by atomic mass is 10.1. The van der Waals surface area contributed by atoms with Gasteiger partial charge in [-0.25, -0.2) is 8.42 Å².